The van der Waals surface area contributed by atoms with E-state index >= 15 is 0 Å². The molecular weight excluding hydrogens is 396 g/mol. The molecule has 3 amide bonds. The van der Waals surface area contributed by atoms with Gasteiger partial charge >= 0.3 is 0 Å². The second kappa shape index (κ2) is 7.29. The van der Waals surface area contributed by atoms with Crippen LogP contribution in [-0.2, 0) is 14.4 Å². The van der Waals surface area contributed by atoms with Crippen molar-refractivity contribution in [2.75, 3.05) is 16.8 Å². The average molecular weight is 413 g/mol. The molecule has 0 aliphatic carbocycles. The van der Waals surface area contributed by atoms with Crippen LogP contribution in [0, 0.1) is 25.5 Å². The van der Waals surface area contributed by atoms with E-state index in [2.05, 4.69) is 15.7 Å². The van der Waals surface area contributed by atoms with Crippen LogP contribution in [-0.4, -0.2) is 41.4 Å². The van der Waals surface area contributed by atoms with Crippen LogP contribution in [0.5, 0.6) is 0 Å². The number of carbonyl (C=O) groups excluding carboxylic acids is 3. The van der Waals surface area contributed by atoms with E-state index in [0.717, 1.165) is 39.2 Å². The van der Waals surface area contributed by atoms with Crippen LogP contribution < -0.4 is 10.2 Å². The lowest BCUT2D eigenvalue weighted by Crippen LogP contribution is -2.43. The van der Waals surface area contributed by atoms with Gasteiger partial charge in [0, 0.05) is 11.8 Å². The van der Waals surface area contributed by atoms with Gasteiger partial charge in [-0.05, 0) is 49.2 Å². The van der Waals surface area contributed by atoms with Gasteiger partial charge in [0.25, 0.3) is 11.8 Å². The number of carbonyl (C=O) groups is 3. The fourth-order valence-electron chi connectivity index (χ4n) is 3.40. The highest BCUT2D eigenvalue weighted by Gasteiger charge is 2.55. The van der Waals surface area contributed by atoms with Gasteiger partial charge < -0.3 is 5.32 Å². The fourth-order valence-corrected chi connectivity index (χ4v) is 3.40. The Morgan fingerprint density at radius 3 is 2.50 bits per heavy atom. The molecule has 8 nitrogen and oxygen atoms in total. The van der Waals surface area contributed by atoms with E-state index in [0.29, 0.717) is 5.69 Å². The first-order valence-electron chi connectivity index (χ1n) is 9.13. The first kappa shape index (κ1) is 19.6. The van der Waals surface area contributed by atoms with Crippen LogP contribution in [0.25, 0.3) is 0 Å². The van der Waals surface area contributed by atoms with Crippen LogP contribution in [0.15, 0.2) is 46.7 Å². The molecule has 30 heavy (non-hydrogen) atoms. The zero-order valence-corrected chi connectivity index (χ0v) is 16.1. The summed E-state index contributed by atoms with van der Waals surface area (Å²) in [5, 5.41) is 11.4. The van der Waals surface area contributed by atoms with Gasteiger partial charge in [-0.15, -0.1) is 0 Å². The second-order valence-corrected chi connectivity index (χ2v) is 7.15. The third-order valence-corrected chi connectivity index (χ3v) is 5.12. The van der Waals surface area contributed by atoms with E-state index in [9.17, 15) is 23.2 Å². The third kappa shape index (κ3) is 3.30. The number of halogens is 2. The zero-order chi connectivity index (χ0) is 21.6. The number of hydrogen-bond donors (Lipinski definition) is 1. The predicted molar refractivity (Wildman–Crippen MR) is 103 cm³/mol. The highest BCUT2D eigenvalue weighted by molar-refractivity contribution is 6.25. The van der Waals surface area contributed by atoms with Crippen LogP contribution in [0.4, 0.5) is 20.2 Å². The predicted octanol–water partition coefficient (Wildman–Crippen LogP) is 2.51. The topological polar surface area (TPSA) is 94.4 Å². The summed E-state index contributed by atoms with van der Waals surface area (Å²) in [6, 6.07) is 5.91. The van der Waals surface area contributed by atoms with Crippen LogP contribution in [0.2, 0.25) is 0 Å². The number of amides is 3. The van der Waals surface area contributed by atoms with Crippen LogP contribution in [0.3, 0.4) is 0 Å². The first-order valence-corrected chi connectivity index (χ1v) is 9.13. The summed E-state index contributed by atoms with van der Waals surface area (Å²) in [6.07, 6.45) is 0. The number of anilines is 2. The molecule has 2 aliphatic rings. The molecular formula is C20H17F2N5O3. The van der Waals surface area contributed by atoms with E-state index in [1.165, 1.54) is 0 Å². The molecule has 1 N–H and O–H groups in total. The molecule has 2 aromatic rings. The average Bonchev–Trinajstić information content (AvgIpc) is 3.21. The number of aryl methyl sites for hydroxylation is 2. The molecule has 1 saturated heterocycles. The maximum Gasteiger partial charge on any atom is 0.263 e. The molecule has 0 unspecified atom stereocenters. The Kier molecular flexibility index (Phi) is 4.76. The number of fused-ring (bicyclic) bond motifs is 1. The van der Waals surface area contributed by atoms with Gasteiger partial charge in [-0.1, -0.05) is 11.3 Å². The van der Waals surface area contributed by atoms with E-state index < -0.39 is 41.4 Å². The molecule has 1 fully saturated rings. The van der Waals surface area contributed by atoms with Crippen molar-refractivity contribution >= 4 is 29.1 Å². The number of benzene rings is 2. The van der Waals surface area contributed by atoms with Crippen molar-refractivity contribution in [3.8, 4) is 0 Å². The Morgan fingerprint density at radius 1 is 1.03 bits per heavy atom. The van der Waals surface area contributed by atoms with Crippen molar-refractivity contribution in [2.24, 2.45) is 10.3 Å². The van der Waals surface area contributed by atoms with Crippen molar-refractivity contribution in [3.63, 3.8) is 0 Å². The molecule has 2 heterocycles. The third-order valence-electron chi connectivity index (χ3n) is 5.12. The smallest absolute Gasteiger partial charge is 0.263 e. The summed E-state index contributed by atoms with van der Waals surface area (Å²) in [6.45, 7) is 3.56. The highest BCUT2D eigenvalue weighted by Crippen LogP contribution is 2.32. The minimum Gasteiger partial charge on any atom is -0.324 e. The van der Waals surface area contributed by atoms with Crippen LogP contribution >= 0.6 is 0 Å². The first-order chi connectivity index (χ1) is 14.3. The van der Waals surface area contributed by atoms with Gasteiger partial charge in [0.2, 0.25) is 5.91 Å². The Hall–Kier alpha value is -3.69. The van der Waals surface area contributed by atoms with Gasteiger partial charge in [-0.2, -0.15) is 5.11 Å². The maximum absolute atomic E-state index is 13.6. The Labute approximate surface area is 170 Å². The molecule has 2 atom stereocenters. The quantitative estimate of drug-likeness (QED) is 0.780. The molecule has 2 aliphatic heterocycles. The summed E-state index contributed by atoms with van der Waals surface area (Å²) < 4.78 is 26.7. The molecule has 154 valence electrons. The molecule has 0 radical (unpaired) electrons. The summed E-state index contributed by atoms with van der Waals surface area (Å²) in [5.41, 5.74) is 2.57. The minimum absolute atomic E-state index is 0.104. The fraction of sp³-hybridized carbons (Fsp3) is 0.250. The molecule has 10 heteroatoms. The lowest BCUT2D eigenvalue weighted by Gasteiger charge is -2.20. The summed E-state index contributed by atoms with van der Waals surface area (Å²) in [4.78, 5) is 38.6. The largest absolute Gasteiger partial charge is 0.324 e. The van der Waals surface area contributed by atoms with E-state index in [1.54, 1.807) is 6.07 Å². The van der Waals surface area contributed by atoms with Crippen molar-refractivity contribution in [3.05, 3.63) is 59.2 Å². The SMILES string of the molecule is Cc1ccc(NC(=O)CN2N=N[C@H]3C(=O)N(c4ccc(F)c(F)c4)C(=O)[C@H]32)cc1C. The van der Waals surface area contributed by atoms with Crippen molar-refractivity contribution in [1.82, 2.24) is 5.01 Å². The summed E-state index contributed by atoms with van der Waals surface area (Å²) in [5.74, 6) is -4.14. The van der Waals surface area contributed by atoms with Crippen molar-refractivity contribution in [2.45, 2.75) is 25.9 Å². The monoisotopic (exact) mass is 413 g/mol. The van der Waals surface area contributed by atoms with Gasteiger partial charge in [0.05, 0.1) is 5.69 Å². The molecule has 0 saturated carbocycles. The standard InChI is InChI=1S/C20H17F2N5O3/c1-10-3-4-12(7-11(10)2)23-16(28)9-26-18-17(24-25-26)19(29)27(20(18)30)13-5-6-14(21)15(22)8-13/h3-8,17-18H,9H2,1-2H3,(H,23,28)/t17-,18+/m1/s1. The Morgan fingerprint density at radius 2 is 1.80 bits per heavy atom. The van der Waals surface area contributed by atoms with E-state index in [4.69, 9.17) is 0 Å². The summed E-state index contributed by atoms with van der Waals surface area (Å²) >= 11 is 0. The number of nitrogens with zero attached hydrogens (tertiary/aromatic N) is 4. The Balaban J connectivity index is 1.49. The number of rotatable bonds is 4. The number of nitrogens with one attached hydrogen (secondary N) is 1. The molecule has 2 aromatic carbocycles. The van der Waals surface area contributed by atoms with Gasteiger partial charge in [0.15, 0.2) is 23.7 Å². The molecule has 4 rings (SSSR count). The van der Waals surface area contributed by atoms with Crippen molar-refractivity contribution in [1.29, 1.82) is 0 Å². The van der Waals surface area contributed by atoms with Crippen molar-refractivity contribution < 1.29 is 23.2 Å². The lowest BCUT2D eigenvalue weighted by molar-refractivity contribution is -0.123. The highest BCUT2D eigenvalue weighted by atomic mass is 19.2. The van der Waals surface area contributed by atoms with Gasteiger partial charge in [-0.25, -0.2) is 13.7 Å². The molecule has 0 aromatic heterocycles. The number of imide groups is 1. The lowest BCUT2D eigenvalue weighted by atomic mass is 10.1. The molecule has 0 spiro atoms. The number of hydrogen-bond acceptors (Lipinski definition) is 6. The zero-order valence-electron chi connectivity index (χ0n) is 16.1. The summed E-state index contributed by atoms with van der Waals surface area (Å²) in [7, 11) is 0. The van der Waals surface area contributed by atoms with Crippen LogP contribution in [0.1, 0.15) is 11.1 Å². The second-order valence-electron chi connectivity index (χ2n) is 7.15. The van der Waals surface area contributed by atoms with E-state index in [-0.39, 0.29) is 12.2 Å². The van der Waals surface area contributed by atoms with Gasteiger partial charge in [0.1, 0.15) is 6.54 Å². The van der Waals surface area contributed by atoms with Gasteiger partial charge in [-0.3, -0.25) is 19.4 Å². The minimum atomic E-state index is -1.18. The normalized spacial score (nSPS) is 20.1. The van der Waals surface area contributed by atoms with E-state index in [1.807, 2.05) is 26.0 Å². The Bertz CT molecular complexity index is 1100. The maximum atomic E-state index is 13.6. The molecule has 0 bridgehead atoms.